The molecule has 0 saturated heterocycles. The number of hydrogen-bond donors (Lipinski definition) is 1. The van der Waals surface area contributed by atoms with E-state index in [0.717, 1.165) is 0 Å². The van der Waals surface area contributed by atoms with Crippen molar-refractivity contribution >= 4 is 10.9 Å². The smallest absolute Gasteiger partial charge is 0.148 e. The van der Waals surface area contributed by atoms with Crippen LogP contribution in [0.4, 0.5) is 4.39 Å². The van der Waals surface area contributed by atoms with Gasteiger partial charge in [-0.25, -0.2) is 4.39 Å². The van der Waals surface area contributed by atoms with E-state index in [1.807, 2.05) is 6.07 Å². The summed E-state index contributed by atoms with van der Waals surface area (Å²) in [5.41, 5.74) is 1.04. The molecule has 0 atom stereocenters. The Hall–Kier alpha value is -1.82. The van der Waals surface area contributed by atoms with E-state index in [1.165, 1.54) is 6.20 Å². The van der Waals surface area contributed by atoms with Gasteiger partial charge in [0.1, 0.15) is 11.9 Å². The molecule has 0 bridgehead atoms. The predicted octanol–water partition coefficient (Wildman–Crippen LogP) is 2.18. The van der Waals surface area contributed by atoms with E-state index in [4.69, 9.17) is 5.26 Å². The topological polar surface area (TPSA) is 39.6 Å². The van der Waals surface area contributed by atoms with Crippen LogP contribution in [0.15, 0.2) is 24.4 Å². The fourth-order valence-corrected chi connectivity index (χ4v) is 1.21. The summed E-state index contributed by atoms with van der Waals surface area (Å²) in [5.74, 6) is -0.317. The van der Waals surface area contributed by atoms with Crippen LogP contribution in [0.3, 0.4) is 0 Å². The SMILES string of the molecule is N#Cc1cccc2c(F)c[nH]c12. The van der Waals surface area contributed by atoms with Crippen molar-refractivity contribution in [2.24, 2.45) is 0 Å². The zero-order valence-corrected chi connectivity index (χ0v) is 6.13. The summed E-state index contributed by atoms with van der Waals surface area (Å²) in [6.07, 6.45) is 1.26. The van der Waals surface area contributed by atoms with Crippen LogP contribution in [0.1, 0.15) is 5.56 Å². The molecule has 58 valence electrons. The molecule has 1 aromatic heterocycles. The van der Waals surface area contributed by atoms with Crippen LogP contribution < -0.4 is 0 Å². The average Bonchev–Trinajstić information content (AvgIpc) is 2.48. The van der Waals surface area contributed by atoms with Crippen LogP contribution in [-0.4, -0.2) is 4.98 Å². The third kappa shape index (κ3) is 0.785. The van der Waals surface area contributed by atoms with Gasteiger partial charge in [-0.05, 0) is 12.1 Å². The first-order valence-electron chi connectivity index (χ1n) is 3.48. The zero-order chi connectivity index (χ0) is 8.55. The summed E-state index contributed by atoms with van der Waals surface area (Å²) < 4.78 is 12.9. The lowest BCUT2D eigenvalue weighted by molar-refractivity contribution is 0.639. The van der Waals surface area contributed by atoms with Gasteiger partial charge in [0.05, 0.1) is 11.1 Å². The molecule has 0 spiro atoms. The molecule has 0 radical (unpaired) electrons. The molecular formula is C9H5FN2. The lowest BCUT2D eigenvalue weighted by Gasteiger charge is -1.90. The zero-order valence-electron chi connectivity index (χ0n) is 6.13. The van der Waals surface area contributed by atoms with Gasteiger partial charge in [0, 0.05) is 11.6 Å². The second kappa shape index (κ2) is 2.35. The molecule has 0 saturated carbocycles. The van der Waals surface area contributed by atoms with E-state index >= 15 is 0 Å². The van der Waals surface area contributed by atoms with Gasteiger partial charge in [0.2, 0.25) is 0 Å². The molecule has 2 nitrogen and oxygen atoms in total. The Kier molecular flexibility index (Phi) is 1.34. The molecule has 2 rings (SSSR count). The minimum atomic E-state index is -0.317. The number of nitriles is 1. The Morgan fingerprint density at radius 3 is 3.00 bits per heavy atom. The highest BCUT2D eigenvalue weighted by Crippen LogP contribution is 2.19. The summed E-state index contributed by atoms with van der Waals surface area (Å²) in [6.45, 7) is 0. The predicted molar refractivity (Wildman–Crippen MR) is 43.0 cm³/mol. The molecule has 0 fully saturated rings. The maximum Gasteiger partial charge on any atom is 0.148 e. The van der Waals surface area contributed by atoms with Crippen LogP contribution in [0.25, 0.3) is 10.9 Å². The van der Waals surface area contributed by atoms with E-state index in [1.54, 1.807) is 18.2 Å². The molecule has 0 amide bonds. The molecule has 1 heterocycles. The maximum atomic E-state index is 12.9. The average molecular weight is 160 g/mol. The third-order valence-corrected chi connectivity index (χ3v) is 1.79. The van der Waals surface area contributed by atoms with Crippen LogP contribution in [0.2, 0.25) is 0 Å². The van der Waals surface area contributed by atoms with Crippen LogP contribution in [-0.2, 0) is 0 Å². The summed E-state index contributed by atoms with van der Waals surface area (Å²) in [6, 6.07) is 6.94. The van der Waals surface area contributed by atoms with E-state index < -0.39 is 0 Å². The summed E-state index contributed by atoms with van der Waals surface area (Å²) in [4.78, 5) is 2.71. The Bertz CT molecular complexity index is 465. The number of aromatic nitrogens is 1. The quantitative estimate of drug-likeness (QED) is 0.630. The van der Waals surface area contributed by atoms with Crippen molar-refractivity contribution in [2.75, 3.05) is 0 Å². The van der Waals surface area contributed by atoms with Crippen molar-refractivity contribution in [3.05, 3.63) is 35.8 Å². The molecule has 12 heavy (non-hydrogen) atoms. The first kappa shape index (κ1) is 6.86. The highest BCUT2D eigenvalue weighted by atomic mass is 19.1. The second-order valence-electron chi connectivity index (χ2n) is 2.48. The molecule has 0 aliphatic heterocycles. The molecule has 0 aliphatic carbocycles. The molecule has 1 N–H and O–H groups in total. The number of aromatic amines is 1. The Morgan fingerprint density at radius 2 is 2.25 bits per heavy atom. The van der Waals surface area contributed by atoms with Crippen molar-refractivity contribution in [2.45, 2.75) is 0 Å². The molecule has 3 heteroatoms. The highest BCUT2D eigenvalue weighted by molar-refractivity contribution is 5.85. The number of para-hydroxylation sites is 1. The maximum absolute atomic E-state index is 12.9. The van der Waals surface area contributed by atoms with Crippen molar-refractivity contribution in [1.29, 1.82) is 5.26 Å². The number of H-pyrrole nitrogens is 1. The van der Waals surface area contributed by atoms with Crippen LogP contribution >= 0.6 is 0 Å². The van der Waals surface area contributed by atoms with Crippen molar-refractivity contribution in [3.8, 4) is 6.07 Å². The van der Waals surface area contributed by atoms with Crippen LogP contribution in [0, 0.1) is 17.1 Å². The second-order valence-corrected chi connectivity index (χ2v) is 2.48. The first-order valence-corrected chi connectivity index (χ1v) is 3.48. The number of nitrogens with zero attached hydrogens (tertiary/aromatic N) is 1. The highest BCUT2D eigenvalue weighted by Gasteiger charge is 2.05. The lowest BCUT2D eigenvalue weighted by atomic mass is 10.1. The van der Waals surface area contributed by atoms with Crippen molar-refractivity contribution in [1.82, 2.24) is 4.98 Å². The minimum absolute atomic E-state index is 0.317. The van der Waals surface area contributed by atoms with E-state index in [-0.39, 0.29) is 5.82 Å². The van der Waals surface area contributed by atoms with Gasteiger partial charge >= 0.3 is 0 Å². The van der Waals surface area contributed by atoms with E-state index in [0.29, 0.717) is 16.5 Å². The standard InChI is InChI=1S/C9H5FN2/c10-8-5-12-9-6(4-11)2-1-3-7(8)9/h1-3,5,12H. The van der Waals surface area contributed by atoms with Crippen molar-refractivity contribution in [3.63, 3.8) is 0 Å². The van der Waals surface area contributed by atoms with Gasteiger partial charge in [0.25, 0.3) is 0 Å². The molecule has 0 aliphatic rings. The summed E-state index contributed by atoms with van der Waals surface area (Å²) in [7, 11) is 0. The summed E-state index contributed by atoms with van der Waals surface area (Å²) >= 11 is 0. The molecule has 1 aromatic carbocycles. The number of hydrogen-bond acceptors (Lipinski definition) is 1. The number of halogens is 1. The Morgan fingerprint density at radius 1 is 1.42 bits per heavy atom. The lowest BCUT2D eigenvalue weighted by Crippen LogP contribution is -1.76. The number of fused-ring (bicyclic) bond motifs is 1. The van der Waals surface area contributed by atoms with Gasteiger partial charge < -0.3 is 4.98 Å². The fourth-order valence-electron chi connectivity index (χ4n) is 1.21. The van der Waals surface area contributed by atoms with E-state index in [2.05, 4.69) is 4.98 Å². The first-order chi connectivity index (χ1) is 5.83. The Balaban J connectivity index is 2.92. The largest absolute Gasteiger partial charge is 0.357 e. The van der Waals surface area contributed by atoms with Gasteiger partial charge in [-0.2, -0.15) is 5.26 Å². The number of nitrogens with one attached hydrogen (secondary N) is 1. The normalized spacial score (nSPS) is 10.0. The fraction of sp³-hybridized carbons (Fsp3) is 0. The van der Waals surface area contributed by atoms with Crippen LogP contribution in [0.5, 0.6) is 0 Å². The molecule has 2 aromatic rings. The molecular weight excluding hydrogens is 155 g/mol. The monoisotopic (exact) mass is 160 g/mol. The van der Waals surface area contributed by atoms with E-state index in [9.17, 15) is 4.39 Å². The van der Waals surface area contributed by atoms with Gasteiger partial charge in [-0.1, -0.05) is 6.07 Å². The Labute approximate surface area is 68.2 Å². The number of rotatable bonds is 0. The van der Waals surface area contributed by atoms with Gasteiger partial charge in [0.15, 0.2) is 0 Å². The minimum Gasteiger partial charge on any atom is -0.357 e. The van der Waals surface area contributed by atoms with Crippen molar-refractivity contribution < 1.29 is 4.39 Å². The van der Waals surface area contributed by atoms with Gasteiger partial charge in [-0.3, -0.25) is 0 Å². The van der Waals surface area contributed by atoms with Gasteiger partial charge in [-0.15, -0.1) is 0 Å². The number of benzene rings is 1. The summed E-state index contributed by atoms with van der Waals surface area (Å²) in [5, 5.41) is 9.12. The molecule has 0 unspecified atom stereocenters. The third-order valence-electron chi connectivity index (χ3n) is 1.79.